The van der Waals surface area contributed by atoms with Gasteiger partial charge >= 0.3 is 0 Å². The minimum Gasteiger partial charge on any atom is -0.309 e. The lowest BCUT2D eigenvalue weighted by atomic mass is 9.92. The molecule has 136 valence electrons. The first-order chi connectivity index (χ1) is 12.5. The van der Waals surface area contributed by atoms with Crippen molar-refractivity contribution in [2.24, 2.45) is 11.8 Å². The number of aromatic nitrogens is 2. The van der Waals surface area contributed by atoms with Crippen LogP contribution in [-0.4, -0.2) is 28.0 Å². The van der Waals surface area contributed by atoms with E-state index >= 15 is 0 Å². The summed E-state index contributed by atoms with van der Waals surface area (Å²) in [6.07, 6.45) is 1.27. The van der Waals surface area contributed by atoms with Crippen molar-refractivity contribution in [2.75, 3.05) is 13.1 Å². The third-order valence-corrected chi connectivity index (χ3v) is 6.18. The highest BCUT2D eigenvalue weighted by Gasteiger charge is 2.23. The van der Waals surface area contributed by atoms with Gasteiger partial charge in [-0.15, -0.1) is 11.3 Å². The molecule has 0 spiro atoms. The summed E-state index contributed by atoms with van der Waals surface area (Å²) < 4.78 is 0. The molecule has 0 aliphatic carbocycles. The Balaban J connectivity index is 1.68. The first kappa shape index (κ1) is 17.7. The standard InChI is InChI=1S/C20H22ClN3OS/c1-12-7-13(2)9-24(8-12)10-17-22-19(25)18-15(11-26-20(18)23-17)14-5-3-4-6-16(14)21/h3-6,11-13H,7-10H2,1-2H3,(H,22,23,25). The predicted octanol–water partition coefficient (Wildman–Crippen LogP) is 4.78. The van der Waals surface area contributed by atoms with Gasteiger partial charge in [0.05, 0.1) is 11.9 Å². The number of benzene rings is 1. The molecular formula is C20H22ClN3OS. The molecule has 4 rings (SSSR count). The lowest BCUT2D eigenvalue weighted by molar-refractivity contribution is 0.131. The summed E-state index contributed by atoms with van der Waals surface area (Å²) in [6.45, 7) is 7.39. The van der Waals surface area contributed by atoms with Crippen molar-refractivity contribution in [3.63, 3.8) is 0 Å². The van der Waals surface area contributed by atoms with Crippen LogP contribution in [0.3, 0.4) is 0 Å². The Morgan fingerprint density at radius 1 is 1.23 bits per heavy atom. The lowest BCUT2D eigenvalue weighted by Gasteiger charge is -2.34. The van der Waals surface area contributed by atoms with E-state index in [1.54, 1.807) is 0 Å². The summed E-state index contributed by atoms with van der Waals surface area (Å²) in [7, 11) is 0. The van der Waals surface area contributed by atoms with Crippen LogP contribution in [0.15, 0.2) is 34.4 Å². The van der Waals surface area contributed by atoms with E-state index in [9.17, 15) is 4.79 Å². The van der Waals surface area contributed by atoms with Gasteiger partial charge in [0.1, 0.15) is 10.7 Å². The van der Waals surface area contributed by atoms with Crippen LogP contribution in [-0.2, 0) is 6.54 Å². The molecule has 1 aromatic carbocycles. The molecule has 0 saturated carbocycles. The molecule has 1 aliphatic heterocycles. The van der Waals surface area contributed by atoms with E-state index in [4.69, 9.17) is 16.6 Å². The molecule has 0 bridgehead atoms. The molecule has 4 nitrogen and oxygen atoms in total. The quantitative estimate of drug-likeness (QED) is 0.703. The Hall–Kier alpha value is -1.69. The molecule has 2 aromatic heterocycles. The fraction of sp³-hybridized carbons (Fsp3) is 0.400. The molecule has 0 amide bonds. The van der Waals surface area contributed by atoms with Gasteiger partial charge in [-0.2, -0.15) is 0 Å². The van der Waals surface area contributed by atoms with Crippen LogP contribution >= 0.6 is 22.9 Å². The maximum atomic E-state index is 12.8. The fourth-order valence-electron chi connectivity index (χ4n) is 4.08. The number of H-pyrrole nitrogens is 1. The number of hydrogen-bond donors (Lipinski definition) is 1. The van der Waals surface area contributed by atoms with Crippen LogP contribution in [0.4, 0.5) is 0 Å². The van der Waals surface area contributed by atoms with E-state index in [0.717, 1.165) is 34.9 Å². The number of halogens is 1. The van der Waals surface area contributed by atoms with Crippen molar-refractivity contribution in [1.29, 1.82) is 0 Å². The molecule has 1 fully saturated rings. The number of likely N-dealkylation sites (tertiary alicyclic amines) is 1. The minimum absolute atomic E-state index is 0.0840. The van der Waals surface area contributed by atoms with Crippen LogP contribution in [0.25, 0.3) is 21.3 Å². The summed E-state index contributed by atoms with van der Waals surface area (Å²) in [5.41, 5.74) is 1.65. The van der Waals surface area contributed by atoms with Crippen molar-refractivity contribution < 1.29 is 0 Å². The summed E-state index contributed by atoms with van der Waals surface area (Å²) in [5.74, 6) is 2.11. The van der Waals surface area contributed by atoms with E-state index in [1.807, 2.05) is 29.6 Å². The smallest absolute Gasteiger partial charge is 0.260 e. The van der Waals surface area contributed by atoms with Crippen LogP contribution in [0.2, 0.25) is 5.02 Å². The third-order valence-electron chi connectivity index (χ3n) is 4.97. The molecular weight excluding hydrogens is 366 g/mol. The summed E-state index contributed by atoms with van der Waals surface area (Å²) in [4.78, 5) is 23.7. The molecule has 3 aromatic rings. The van der Waals surface area contributed by atoms with Gasteiger partial charge in [-0.05, 0) is 24.3 Å². The fourth-order valence-corrected chi connectivity index (χ4v) is 5.27. The van der Waals surface area contributed by atoms with Crippen LogP contribution < -0.4 is 5.56 Å². The molecule has 2 atom stereocenters. The molecule has 0 radical (unpaired) electrons. The predicted molar refractivity (Wildman–Crippen MR) is 109 cm³/mol. The monoisotopic (exact) mass is 387 g/mol. The minimum atomic E-state index is -0.0840. The van der Waals surface area contributed by atoms with E-state index < -0.39 is 0 Å². The molecule has 6 heteroatoms. The highest BCUT2D eigenvalue weighted by atomic mass is 35.5. The molecule has 2 unspecified atom stereocenters. The van der Waals surface area contributed by atoms with Gasteiger partial charge in [-0.3, -0.25) is 9.69 Å². The molecule has 1 N–H and O–H groups in total. The number of fused-ring (bicyclic) bond motifs is 1. The average Bonchev–Trinajstić information content (AvgIpc) is 2.98. The highest BCUT2D eigenvalue weighted by Crippen LogP contribution is 2.35. The zero-order valence-electron chi connectivity index (χ0n) is 15.0. The first-order valence-corrected chi connectivity index (χ1v) is 10.2. The third kappa shape index (κ3) is 3.43. The van der Waals surface area contributed by atoms with E-state index in [-0.39, 0.29) is 5.56 Å². The van der Waals surface area contributed by atoms with Gasteiger partial charge in [-0.25, -0.2) is 4.98 Å². The summed E-state index contributed by atoms with van der Waals surface area (Å²) >= 11 is 7.82. The van der Waals surface area contributed by atoms with Crippen molar-refractivity contribution in [3.05, 3.63) is 50.8 Å². The number of rotatable bonds is 3. The second kappa shape index (κ2) is 7.14. The maximum absolute atomic E-state index is 12.8. The molecule has 3 heterocycles. The summed E-state index contributed by atoms with van der Waals surface area (Å²) in [6, 6.07) is 7.60. The topological polar surface area (TPSA) is 49.0 Å². The zero-order chi connectivity index (χ0) is 18.3. The largest absolute Gasteiger partial charge is 0.309 e. The Morgan fingerprint density at radius 2 is 1.96 bits per heavy atom. The van der Waals surface area contributed by atoms with Gasteiger partial charge in [-0.1, -0.05) is 43.6 Å². The van der Waals surface area contributed by atoms with Gasteiger partial charge < -0.3 is 4.98 Å². The SMILES string of the molecule is CC1CC(C)CN(Cc2nc3scc(-c4ccccc4Cl)c3c(=O)[nH]2)C1. The number of piperidine rings is 1. The van der Waals surface area contributed by atoms with Crippen LogP contribution in [0, 0.1) is 11.8 Å². The molecule has 1 aliphatic rings. The van der Waals surface area contributed by atoms with E-state index in [2.05, 4.69) is 23.7 Å². The Morgan fingerprint density at radius 3 is 2.69 bits per heavy atom. The van der Waals surface area contributed by atoms with E-state index in [1.165, 1.54) is 17.8 Å². The lowest BCUT2D eigenvalue weighted by Crippen LogP contribution is -2.38. The van der Waals surface area contributed by atoms with Crippen molar-refractivity contribution in [2.45, 2.75) is 26.8 Å². The van der Waals surface area contributed by atoms with Crippen LogP contribution in [0.5, 0.6) is 0 Å². The van der Waals surface area contributed by atoms with Crippen molar-refractivity contribution in [3.8, 4) is 11.1 Å². The highest BCUT2D eigenvalue weighted by molar-refractivity contribution is 7.17. The van der Waals surface area contributed by atoms with Gasteiger partial charge in [0.2, 0.25) is 0 Å². The van der Waals surface area contributed by atoms with Crippen molar-refractivity contribution in [1.82, 2.24) is 14.9 Å². The molecule has 1 saturated heterocycles. The Labute approximate surface area is 161 Å². The average molecular weight is 388 g/mol. The van der Waals surface area contributed by atoms with Crippen molar-refractivity contribution >= 4 is 33.2 Å². The van der Waals surface area contributed by atoms with Gasteiger partial charge in [0.25, 0.3) is 5.56 Å². The van der Waals surface area contributed by atoms with E-state index in [0.29, 0.717) is 28.8 Å². The summed E-state index contributed by atoms with van der Waals surface area (Å²) in [5, 5.41) is 3.25. The van der Waals surface area contributed by atoms with Gasteiger partial charge in [0, 0.05) is 34.6 Å². The normalized spacial score (nSPS) is 21.3. The van der Waals surface area contributed by atoms with Gasteiger partial charge in [0.15, 0.2) is 0 Å². The number of thiophene rings is 1. The second-order valence-electron chi connectivity index (χ2n) is 7.46. The number of hydrogen-bond acceptors (Lipinski definition) is 4. The maximum Gasteiger partial charge on any atom is 0.260 e. The first-order valence-electron chi connectivity index (χ1n) is 8.99. The zero-order valence-corrected chi connectivity index (χ0v) is 16.5. The second-order valence-corrected chi connectivity index (χ2v) is 8.73. The van der Waals surface area contributed by atoms with Crippen LogP contribution in [0.1, 0.15) is 26.1 Å². The Kier molecular flexibility index (Phi) is 4.86. The number of nitrogens with zero attached hydrogens (tertiary/aromatic N) is 2. The number of nitrogens with one attached hydrogen (secondary N) is 1. The molecule has 26 heavy (non-hydrogen) atoms. The number of aromatic amines is 1. The Bertz CT molecular complexity index is 986.